The van der Waals surface area contributed by atoms with Crippen LogP contribution >= 0.6 is 0 Å². The summed E-state index contributed by atoms with van der Waals surface area (Å²) in [5, 5.41) is 0. The number of nitrogens with zero attached hydrogens (tertiary/aromatic N) is 1. The van der Waals surface area contributed by atoms with Crippen molar-refractivity contribution in [1.29, 1.82) is 0 Å². The number of hydrogen-bond donors (Lipinski definition) is 0. The van der Waals surface area contributed by atoms with E-state index >= 15 is 0 Å². The van der Waals surface area contributed by atoms with Gasteiger partial charge < -0.3 is 9.47 Å². The minimum atomic E-state index is -0.667. The molecular formula is C21H23F2NO2. The van der Waals surface area contributed by atoms with E-state index in [0.717, 1.165) is 5.75 Å². The van der Waals surface area contributed by atoms with Gasteiger partial charge in [0.1, 0.15) is 29.6 Å². The largest absolute Gasteiger partial charge is 0.494 e. The fourth-order valence-corrected chi connectivity index (χ4v) is 2.77. The molecule has 3 rings (SSSR count). The lowest BCUT2D eigenvalue weighted by Gasteiger charge is -2.19. The lowest BCUT2D eigenvalue weighted by Crippen LogP contribution is -2.13. The average molecular weight is 359 g/mol. The normalized spacial score (nSPS) is 17.0. The number of aliphatic imine (C=N–C) groups is 1. The van der Waals surface area contributed by atoms with E-state index in [1.54, 1.807) is 0 Å². The molecule has 0 saturated heterocycles. The lowest BCUT2D eigenvalue weighted by atomic mass is 9.87. The van der Waals surface area contributed by atoms with Crippen LogP contribution in [0.3, 0.4) is 0 Å². The molecule has 0 spiro atoms. The maximum Gasteiger partial charge on any atom is 0.222 e. The molecule has 0 saturated carbocycles. The van der Waals surface area contributed by atoms with Crippen LogP contribution in [0.15, 0.2) is 47.5 Å². The zero-order valence-electron chi connectivity index (χ0n) is 15.3. The van der Waals surface area contributed by atoms with Gasteiger partial charge in [0.05, 0.1) is 12.6 Å². The molecule has 26 heavy (non-hydrogen) atoms. The van der Waals surface area contributed by atoms with Crippen molar-refractivity contribution in [3.63, 3.8) is 0 Å². The molecule has 0 fully saturated rings. The molecule has 0 N–H and O–H groups in total. The van der Waals surface area contributed by atoms with Gasteiger partial charge in [-0.25, -0.2) is 13.8 Å². The summed E-state index contributed by atoms with van der Waals surface area (Å²) in [6.45, 7) is 7.22. The van der Waals surface area contributed by atoms with Crippen molar-refractivity contribution < 1.29 is 18.3 Å². The highest BCUT2D eigenvalue weighted by molar-refractivity contribution is 5.95. The van der Waals surface area contributed by atoms with Gasteiger partial charge in [0.25, 0.3) is 0 Å². The molecule has 2 aromatic carbocycles. The quantitative estimate of drug-likeness (QED) is 0.762. The van der Waals surface area contributed by atoms with Gasteiger partial charge in [-0.05, 0) is 35.2 Å². The molecule has 0 aliphatic carbocycles. The highest BCUT2D eigenvalue weighted by atomic mass is 19.1. The minimum Gasteiger partial charge on any atom is -0.494 e. The predicted molar refractivity (Wildman–Crippen MR) is 97.9 cm³/mol. The van der Waals surface area contributed by atoms with Crippen molar-refractivity contribution in [3.8, 4) is 5.75 Å². The highest BCUT2D eigenvalue weighted by Gasteiger charge is 2.25. The fourth-order valence-electron chi connectivity index (χ4n) is 2.77. The first-order valence-electron chi connectivity index (χ1n) is 8.73. The zero-order chi connectivity index (χ0) is 18.7. The summed E-state index contributed by atoms with van der Waals surface area (Å²) in [4.78, 5) is 4.30. The molecule has 1 unspecified atom stereocenters. The third-order valence-corrected chi connectivity index (χ3v) is 4.31. The third kappa shape index (κ3) is 4.21. The Hall–Kier alpha value is -2.43. The van der Waals surface area contributed by atoms with E-state index in [-0.39, 0.29) is 22.9 Å². The van der Waals surface area contributed by atoms with Crippen LogP contribution in [-0.2, 0) is 10.2 Å². The van der Waals surface area contributed by atoms with E-state index in [1.807, 2.05) is 18.2 Å². The van der Waals surface area contributed by atoms with E-state index in [4.69, 9.17) is 9.47 Å². The number of benzene rings is 2. The van der Waals surface area contributed by atoms with Crippen LogP contribution in [0.2, 0.25) is 0 Å². The molecule has 1 atom stereocenters. The van der Waals surface area contributed by atoms with Crippen molar-refractivity contribution in [2.75, 3.05) is 13.2 Å². The Labute approximate surface area is 152 Å². The number of halogens is 2. The average Bonchev–Trinajstić information content (AvgIpc) is 3.03. The van der Waals surface area contributed by atoms with Crippen molar-refractivity contribution in [2.45, 2.75) is 38.6 Å². The van der Waals surface area contributed by atoms with Gasteiger partial charge >= 0.3 is 0 Å². The van der Waals surface area contributed by atoms with Crippen LogP contribution in [0.25, 0.3) is 0 Å². The lowest BCUT2D eigenvalue weighted by molar-refractivity contribution is 0.264. The standard InChI is InChI=1S/C21H23F2NO2/c1-21(2,3)14-6-4-7-16(12-14)25-11-10-15-13-26-20(24-15)19-17(22)8-5-9-18(19)23/h4-9,12,15H,10-11,13H2,1-3H3. The summed E-state index contributed by atoms with van der Waals surface area (Å²) >= 11 is 0. The molecule has 0 bridgehead atoms. The summed E-state index contributed by atoms with van der Waals surface area (Å²) in [5.41, 5.74) is 1.06. The van der Waals surface area contributed by atoms with Gasteiger partial charge in [-0.1, -0.05) is 39.0 Å². The number of hydrogen-bond acceptors (Lipinski definition) is 3. The highest BCUT2D eigenvalue weighted by Crippen LogP contribution is 2.26. The van der Waals surface area contributed by atoms with Gasteiger partial charge in [0, 0.05) is 6.42 Å². The van der Waals surface area contributed by atoms with E-state index in [1.165, 1.54) is 23.8 Å². The first-order chi connectivity index (χ1) is 12.3. The molecule has 5 heteroatoms. The van der Waals surface area contributed by atoms with Gasteiger partial charge in [-0.15, -0.1) is 0 Å². The fraction of sp³-hybridized carbons (Fsp3) is 0.381. The van der Waals surface area contributed by atoms with E-state index in [2.05, 4.69) is 31.8 Å². The second-order valence-electron chi connectivity index (χ2n) is 7.41. The van der Waals surface area contributed by atoms with Gasteiger partial charge in [-0.2, -0.15) is 0 Å². The Morgan fingerprint density at radius 2 is 1.81 bits per heavy atom. The van der Waals surface area contributed by atoms with Crippen LogP contribution < -0.4 is 4.74 Å². The summed E-state index contributed by atoms with van der Waals surface area (Å²) in [6.07, 6.45) is 0.610. The molecule has 3 nitrogen and oxygen atoms in total. The molecule has 1 aliphatic heterocycles. The van der Waals surface area contributed by atoms with Crippen molar-refractivity contribution in [1.82, 2.24) is 0 Å². The second-order valence-corrected chi connectivity index (χ2v) is 7.41. The third-order valence-electron chi connectivity index (χ3n) is 4.31. The minimum absolute atomic E-state index is 0.0281. The first kappa shape index (κ1) is 18.4. The monoisotopic (exact) mass is 359 g/mol. The number of rotatable bonds is 5. The van der Waals surface area contributed by atoms with Crippen LogP contribution in [-0.4, -0.2) is 25.2 Å². The maximum atomic E-state index is 13.8. The maximum absolute atomic E-state index is 13.8. The molecule has 0 aromatic heterocycles. The van der Waals surface area contributed by atoms with Crippen LogP contribution in [0, 0.1) is 11.6 Å². The van der Waals surface area contributed by atoms with Crippen LogP contribution in [0.4, 0.5) is 8.78 Å². The Morgan fingerprint density at radius 3 is 2.50 bits per heavy atom. The van der Waals surface area contributed by atoms with Crippen molar-refractivity contribution in [3.05, 3.63) is 65.2 Å². The SMILES string of the molecule is CC(C)(C)c1cccc(OCCC2COC(c3c(F)cccc3F)=N2)c1. The Bertz CT molecular complexity index is 792. The Morgan fingerprint density at radius 1 is 1.12 bits per heavy atom. The van der Waals surface area contributed by atoms with Crippen molar-refractivity contribution in [2.24, 2.45) is 4.99 Å². The Kier molecular flexibility index (Phi) is 5.25. The Balaban J connectivity index is 1.59. The molecule has 138 valence electrons. The van der Waals surface area contributed by atoms with E-state index < -0.39 is 11.6 Å². The van der Waals surface area contributed by atoms with E-state index in [9.17, 15) is 8.78 Å². The summed E-state index contributed by atoms with van der Waals surface area (Å²) in [5.74, 6) is -0.500. The molecule has 1 aliphatic rings. The van der Waals surface area contributed by atoms with Crippen LogP contribution in [0.5, 0.6) is 5.75 Å². The van der Waals surface area contributed by atoms with Gasteiger partial charge in [0.2, 0.25) is 5.90 Å². The molecule has 2 aromatic rings. The zero-order valence-corrected chi connectivity index (χ0v) is 15.3. The van der Waals surface area contributed by atoms with E-state index in [0.29, 0.717) is 19.6 Å². The molecular weight excluding hydrogens is 336 g/mol. The van der Waals surface area contributed by atoms with Crippen LogP contribution in [0.1, 0.15) is 38.3 Å². The molecule has 0 amide bonds. The van der Waals surface area contributed by atoms with Crippen molar-refractivity contribution >= 4 is 5.90 Å². The second kappa shape index (κ2) is 7.44. The summed E-state index contributed by atoms with van der Waals surface area (Å²) < 4.78 is 38.8. The molecule has 1 heterocycles. The predicted octanol–water partition coefficient (Wildman–Crippen LogP) is 4.88. The van der Waals surface area contributed by atoms with Gasteiger partial charge in [-0.3, -0.25) is 0 Å². The summed E-state index contributed by atoms with van der Waals surface area (Å²) in [7, 11) is 0. The smallest absolute Gasteiger partial charge is 0.222 e. The topological polar surface area (TPSA) is 30.8 Å². The van der Waals surface area contributed by atoms with Gasteiger partial charge in [0.15, 0.2) is 0 Å². The molecule has 0 radical (unpaired) electrons. The summed E-state index contributed by atoms with van der Waals surface area (Å²) in [6, 6.07) is 11.6. The first-order valence-corrected chi connectivity index (χ1v) is 8.73. The number of ether oxygens (including phenoxy) is 2.